The summed E-state index contributed by atoms with van der Waals surface area (Å²) < 4.78 is 17.7. The van der Waals surface area contributed by atoms with Gasteiger partial charge in [0.05, 0.1) is 21.3 Å². The number of benzene rings is 1. The molecule has 1 aromatic rings. The van der Waals surface area contributed by atoms with Gasteiger partial charge in [-0.3, -0.25) is 9.59 Å². The Balaban J connectivity index is 1.61. The fraction of sp³-hybridized carbons (Fsp3) is 0.632. The monoisotopic (exact) mass is 618 g/mol. The van der Waals surface area contributed by atoms with Crippen LogP contribution in [0, 0.1) is 35.5 Å². The predicted molar refractivity (Wildman–Crippen MR) is 180 cm³/mol. The molecule has 0 N–H and O–H groups in total. The van der Waals surface area contributed by atoms with Crippen molar-refractivity contribution < 1.29 is 23.8 Å². The average molecular weight is 619 g/mol. The summed E-state index contributed by atoms with van der Waals surface area (Å²) in [6.45, 7) is 9.81. The number of unbranched alkanes of at least 4 members (excludes halogenated alkanes) is 1. The molecule has 6 heteroatoms. The lowest BCUT2D eigenvalue weighted by Gasteiger charge is -2.43. The van der Waals surface area contributed by atoms with Crippen LogP contribution in [0.1, 0.15) is 84.5 Å². The van der Waals surface area contributed by atoms with E-state index in [0.717, 1.165) is 64.4 Å². The maximum Gasteiger partial charge on any atom is 0.305 e. The molecule has 4 rings (SSSR count). The number of allylic oxidation sites excluding steroid dienone is 3. The van der Waals surface area contributed by atoms with E-state index in [1.807, 2.05) is 19.9 Å². The smallest absolute Gasteiger partial charge is 0.305 e. The Kier molecular flexibility index (Phi) is 13.1. The third-order valence-electron chi connectivity index (χ3n) is 10.3. The van der Waals surface area contributed by atoms with Crippen LogP contribution >= 0.6 is 0 Å². The Labute approximate surface area is 267 Å². The first kappa shape index (κ1) is 34.4. The number of carbonyl (C=O) groups excluding carboxylic acids is 2. The largest absolute Gasteiger partial charge is 0.469 e. The van der Waals surface area contributed by atoms with Gasteiger partial charge in [0, 0.05) is 37.7 Å². The van der Waals surface area contributed by atoms with E-state index in [2.05, 4.69) is 67.4 Å². The van der Waals surface area contributed by atoms with Crippen LogP contribution in [0.2, 0.25) is 18.6 Å². The van der Waals surface area contributed by atoms with Crippen LogP contribution in [0.15, 0.2) is 54.1 Å². The summed E-state index contributed by atoms with van der Waals surface area (Å²) >= 11 is 0. The molecule has 2 saturated carbocycles. The highest BCUT2D eigenvalue weighted by molar-refractivity contribution is 6.91. The number of ether oxygens (including phenoxy) is 3. The van der Waals surface area contributed by atoms with Crippen LogP contribution in [0.4, 0.5) is 0 Å². The Hall–Kier alpha value is -2.46. The van der Waals surface area contributed by atoms with Gasteiger partial charge in [0.1, 0.15) is 0 Å². The molecule has 240 valence electrons. The fourth-order valence-corrected chi connectivity index (χ4v) is 11.1. The molecule has 44 heavy (non-hydrogen) atoms. The van der Waals surface area contributed by atoms with Crippen LogP contribution in [0.5, 0.6) is 0 Å². The van der Waals surface area contributed by atoms with E-state index < -0.39 is 8.07 Å². The van der Waals surface area contributed by atoms with Crippen LogP contribution in [0.3, 0.4) is 0 Å². The first-order valence-electron chi connectivity index (χ1n) is 17.0. The minimum atomic E-state index is -1.90. The molecule has 1 aliphatic heterocycles. The summed E-state index contributed by atoms with van der Waals surface area (Å²) in [6, 6.07) is 11.1. The molecule has 0 amide bonds. The second kappa shape index (κ2) is 16.7. The van der Waals surface area contributed by atoms with Crippen molar-refractivity contribution in [2.45, 2.75) is 116 Å². The molecule has 1 heterocycles. The van der Waals surface area contributed by atoms with E-state index in [0.29, 0.717) is 30.2 Å². The number of ketones is 1. The molecule has 0 bridgehead atoms. The number of hydrogen-bond donors (Lipinski definition) is 0. The van der Waals surface area contributed by atoms with Gasteiger partial charge in [0.25, 0.3) is 0 Å². The molecule has 1 saturated heterocycles. The van der Waals surface area contributed by atoms with Gasteiger partial charge in [-0.15, -0.1) is 11.8 Å². The van der Waals surface area contributed by atoms with Gasteiger partial charge in [-0.2, -0.15) is 0 Å². The van der Waals surface area contributed by atoms with E-state index in [1.165, 1.54) is 12.3 Å². The third-order valence-corrected chi connectivity index (χ3v) is 14.4. The van der Waals surface area contributed by atoms with Crippen molar-refractivity contribution >= 4 is 25.0 Å². The van der Waals surface area contributed by atoms with Crippen molar-refractivity contribution in [3.05, 3.63) is 54.1 Å². The van der Waals surface area contributed by atoms with Crippen molar-refractivity contribution in [3.8, 4) is 11.8 Å². The average Bonchev–Trinajstić information content (AvgIpc) is 3.37. The lowest BCUT2D eigenvalue weighted by molar-refractivity contribution is -0.192. The maximum atomic E-state index is 13.2. The van der Waals surface area contributed by atoms with Crippen molar-refractivity contribution in [1.29, 1.82) is 0 Å². The highest BCUT2D eigenvalue weighted by atomic mass is 28.3. The first-order valence-corrected chi connectivity index (χ1v) is 20.1. The molecule has 1 aromatic carbocycles. The summed E-state index contributed by atoms with van der Waals surface area (Å²) in [5.74, 6) is 7.31. The van der Waals surface area contributed by atoms with E-state index in [1.54, 1.807) is 5.57 Å². The summed E-state index contributed by atoms with van der Waals surface area (Å²) in [4.78, 5) is 24.9. The summed E-state index contributed by atoms with van der Waals surface area (Å²) in [5.41, 5.74) is 2.05. The van der Waals surface area contributed by atoms with Crippen molar-refractivity contribution in [2.24, 2.45) is 23.7 Å². The third kappa shape index (κ3) is 9.05. The van der Waals surface area contributed by atoms with Gasteiger partial charge in [-0.1, -0.05) is 80.2 Å². The molecule has 5 nitrogen and oxygen atoms in total. The Morgan fingerprint density at radius 3 is 2.64 bits per heavy atom. The zero-order valence-electron chi connectivity index (χ0n) is 27.7. The lowest BCUT2D eigenvalue weighted by atomic mass is 9.75. The Bertz CT molecular complexity index is 1200. The van der Waals surface area contributed by atoms with Crippen LogP contribution in [-0.2, 0) is 23.8 Å². The second-order valence-corrected chi connectivity index (χ2v) is 18.3. The molecule has 2 aliphatic carbocycles. The SMILES string of the molecule is CCC#CCC(C)C(=O)C=C[C@H]1[C@H]2C[C@H]([Si](C)(C)c3ccccc3)C(=CCCCC(=O)OC)C[C@@H]2C[C@H]1OC1CCCCO1. The molecule has 7 atom stereocenters. The minimum Gasteiger partial charge on any atom is -0.469 e. The number of methoxy groups -OCH3 is 1. The molecule has 0 spiro atoms. The molecular weight excluding hydrogens is 564 g/mol. The minimum absolute atomic E-state index is 0.0492. The number of carbonyl (C=O) groups is 2. The van der Waals surface area contributed by atoms with E-state index in [-0.39, 0.29) is 36.0 Å². The van der Waals surface area contributed by atoms with E-state index in [9.17, 15) is 9.59 Å². The van der Waals surface area contributed by atoms with Crippen LogP contribution in [-0.4, -0.2) is 45.9 Å². The second-order valence-electron chi connectivity index (χ2n) is 13.6. The molecule has 2 unspecified atom stereocenters. The molecule has 0 aromatic heterocycles. The normalized spacial score (nSPS) is 28.7. The number of fused-ring (bicyclic) bond motifs is 1. The van der Waals surface area contributed by atoms with Gasteiger partial charge in [0.2, 0.25) is 0 Å². The van der Waals surface area contributed by atoms with Gasteiger partial charge in [-0.05, 0) is 74.8 Å². The highest BCUT2D eigenvalue weighted by Gasteiger charge is 2.51. The highest BCUT2D eigenvalue weighted by Crippen LogP contribution is 2.55. The number of hydrogen-bond acceptors (Lipinski definition) is 5. The maximum absolute atomic E-state index is 13.2. The van der Waals surface area contributed by atoms with E-state index in [4.69, 9.17) is 14.2 Å². The standard InChI is InChI=1S/C38H54O5Si/c1-6-7-9-16-28(2)34(39)23-22-32-33-27-36(44(4,5)31-18-10-8-11-19-31)29(17-12-13-20-37(40)41-3)25-30(33)26-35(32)43-38-21-14-15-24-42-38/h8,10-11,17-19,22-23,28,30,32-33,35-36,38H,6,12-16,20-21,24-27H2,1-5H3/t28?,30-,32+,33+,35-,36+,38?/m1/s1. The summed E-state index contributed by atoms with van der Waals surface area (Å²) in [6.07, 6.45) is 16.3. The van der Waals surface area contributed by atoms with Gasteiger partial charge in [0.15, 0.2) is 12.1 Å². The number of esters is 1. The predicted octanol–water partition coefficient (Wildman–Crippen LogP) is 7.76. The fourth-order valence-electron chi connectivity index (χ4n) is 7.61. The van der Waals surface area contributed by atoms with Gasteiger partial charge < -0.3 is 14.2 Å². The first-order chi connectivity index (χ1) is 21.2. The van der Waals surface area contributed by atoms with Crippen molar-refractivity contribution in [3.63, 3.8) is 0 Å². The van der Waals surface area contributed by atoms with Gasteiger partial charge in [-0.25, -0.2) is 0 Å². The molecular formula is C38H54O5Si. The Morgan fingerprint density at radius 2 is 1.93 bits per heavy atom. The zero-order valence-corrected chi connectivity index (χ0v) is 28.7. The van der Waals surface area contributed by atoms with Crippen LogP contribution < -0.4 is 5.19 Å². The van der Waals surface area contributed by atoms with Gasteiger partial charge >= 0.3 is 5.97 Å². The summed E-state index contributed by atoms with van der Waals surface area (Å²) in [7, 11) is -0.436. The molecule has 3 fully saturated rings. The zero-order chi connectivity index (χ0) is 31.5. The Morgan fingerprint density at radius 1 is 1.14 bits per heavy atom. The molecule has 0 radical (unpaired) electrons. The van der Waals surface area contributed by atoms with Crippen LogP contribution in [0.25, 0.3) is 0 Å². The lowest BCUT2D eigenvalue weighted by Crippen LogP contribution is -2.49. The summed E-state index contributed by atoms with van der Waals surface area (Å²) in [5, 5.41) is 1.48. The molecule has 3 aliphatic rings. The van der Waals surface area contributed by atoms with Crippen molar-refractivity contribution in [2.75, 3.05) is 13.7 Å². The van der Waals surface area contributed by atoms with Crippen molar-refractivity contribution in [1.82, 2.24) is 0 Å². The number of rotatable bonds is 12. The quantitative estimate of drug-likeness (QED) is 0.0598. The van der Waals surface area contributed by atoms with E-state index >= 15 is 0 Å². The topological polar surface area (TPSA) is 61.8 Å².